The van der Waals surface area contributed by atoms with Crippen molar-refractivity contribution in [2.24, 2.45) is 0 Å². The highest BCUT2D eigenvalue weighted by atomic mass is 16.5. The summed E-state index contributed by atoms with van der Waals surface area (Å²) >= 11 is 0. The Hall–Kier alpha value is -3.02. The van der Waals surface area contributed by atoms with Crippen molar-refractivity contribution in [2.45, 2.75) is 6.54 Å². The zero-order valence-electron chi connectivity index (χ0n) is 11.9. The van der Waals surface area contributed by atoms with Crippen LogP contribution in [0.5, 0.6) is 5.75 Å². The molecule has 0 fully saturated rings. The average molecular weight is 298 g/mol. The number of amides is 1. The number of nitrogens with one attached hydrogen (secondary N) is 1. The predicted molar refractivity (Wildman–Crippen MR) is 78.4 cm³/mol. The van der Waals surface area contributed by atoms with Crippen molar-refractivity contribution in [1.82, 2.24) is 10.5 Å². The van der Waals surface area contributed by atoms with Crippen LogP contribution in [0.1, 0.15) is 16.1 Å². The highest BCUT2D eigenvalue weighted by Crippen LogP contribution is 2.20. The Kier molecular flexibility index (Phi) is 3.91. The van der Waals surface area contributed by atoms with E-state index in [1.54, 1.807) is 55.8 Å². The largest absolute Gasteiger partial charge is 0.497 e. The second kappa shape index (κ2) is 6.17. The second-order valence-electron chi connectivity index (χ2n) is 4.57. The van der Waals surface area contributed by atoms with Gasteiger partial charge in [-0.15, -0.1) is 0 Å². The molecule has 3 aromatic rings. The molecule has 0 radical (unpaired) electrons. The summed E-state index contributed by atoms with van der Waals surface area (Å²) in [4.78, 5) is 12.1. The van der Waals surface area contributed by atoms with Crippen molar-refractivity contribution in [3.05, 3.63) is 60.0 Å². The maximum atomic E-state index is 12.1. The number of furan rings is 1. The summed E-state index contributed by atoms with van der Waals surface area (Å²) in [5.41, 5.74) is 1.14. The zero-order chi connectivity index (χ0) is 15.4. The second-order valence-corrected chi connectivity index (χ2v) is 4.57. The molecular formula is C16H14N2O4. The minimum absolute atomic E-state index is 0.207. The van der Waals surface area contributed by atoms with E-state index in [0.29, 0.717) is 28.5 Å². The van der Waals surface area contributed by atoms with Crippen LogP contribution in [0.25, 0.3) is 11.5 Å². The number of hydrogen-bond acceptors (Lipinski definition) is 5. The monoisotopic (exact) mass is 298 g/mol. The lowest BCUT2D eigenvalue weighted by Gasteiger charge is -2.04. The molecule has 1 N–H and O–H groups in total. The molecule has 0 saturated carbocycles. The van der Waals surface area contributed by atoms with Gasteiger partial charge in [0.2, 0.25) is 5.76 Å². The molecular weight excluding hydrogens is 284 g/mol. The molecule has 1 amide bonds. The first kappa shape index (κ1) is 13.9. The van der Waals surface area contributed by atoms with Crippen molar-refractivity contribution >= 4 is 5.91 Å². The number of rotatable bonds is 5. The van der Waals surface area contributed by atoms with Crippen LogP contribution in [0, 0.1) is 0 Å². The molecule has 2 aromatic heterocycles. The average Bonchev–Trinajstić information content (AvgIpc) is 3.23. The van der Waals surface area contributed by atoms with Crippen LogP contribution < -0.4 is 10.1 Å². The fourth-order valence-corrected chi connectivity index (χ4v) is 1.97. The minimum Gasteiger partial charge on any atom is -0.497 e. The number of methoxy groups -OCH3 is 1. The molecule has 0 unspecified atom stereocenters. The summed E-state index contributed by atoms with van der Waals surface area (Å²) in [6, 6.07) is 12.2. The predicted octanol–water partition coefficient (Wildman–Crippen LogP) is 2.87. The van der Waals surface area contributed by atoms with Gasteiger partial charge in [0, 0.05) is 11.6 Å². The summed E-state index contributed by atoms with van der Waals surface area (Å²) < 4.78 is 15.5. The van der Waals surface area contributed by atoms with Crippen LogP contribution in [0.4, 0.5) is 0 Å². The molecule has 0 aliphatic carbocycles. The molecule has 6 heteroatoms. The van der Waals surface area contributed by atoms with E-state index in [4.69, 9.17) is 13.7 Å². The summed E-state index contributed by atoms with van der Waals surface area (Å²) in [6.45, 7) is 0.264. The molecule has 112 valence electrons. The lowest BCUT2D eigenvalue weighted by molar-refractivity contribution is 0.0949. The first-order valence-electron chi connectivity index (χ1n) is 6.68. The van der Waals surface area contributed by atoms with Gasteiger partial charge in [-0.25, -0.2) is 0 Å². The molecule has 2 heterocycles. The van der Waals surface area contributed by atoms with E-state index in [2.05, 4.69) is 10.5 Å². The summed E-state index contributed by atoms with van der Waals surface area (Å²) in [7, 11) is 1.56. The van der Waals surface area contributed by atoms with E-state index in [1.807, 2.05) is 0 Å². The Labute approximate surface area is 126 Å². The van der Waals surface area contributed by atoms with Gasteiger partial charge in [-0.2, -0.15) is 0 Å². The molecule has 22 heavy (non-hydrogen) atoms. The van der Waals surface area contributed by atoms with Crippen LogP contribution in [0.2, 0.25) is 0 Å². The van der Waals surface area contributed by atoms with E-state index in [1.165, 1.54) is 0 Å². The number of benzene rings is 1. The molecule has 0 aliphatic heterocycles. The van der Waals surface area contributed by atoms with E-state index in [0.717, 1.165) is 0 Å². The van der Waals surface area contributed by atoms with E-state index < -0.39 is 0 Å². The van der Waals surface area contributed by atoms with Crippen LogP contribution in [0.15, 0.2) is 57.7 Å². The van der Waals surface area contributed by atoms with Crippen LogP contribution in [0.3, 0.4) is 0 Å². The van der Waals surface area contributed by atoms with Crippen molar-refractivity contribution < 1.29 is 18.5 Å². The Bertz CT molecular complexity index is 762. The van der Waals surface area contributed by atoms with Crippen molar-refractivity contribution in [1.29, 1.82) is 0 Å². The lowest BCUT2D eigenvalue weighted by atomic mass is 10.2. The van der Waals surface area contributed by atoms with Gasteiger partial charge in [-0.3, -0.25) is 4.79 Å². The number of carbonyl (C=O) groups is 1. The van der Waals surface area contributed by atoms with Crippen molar-refractivity contribution in [3.63, 3.8) is 0 Å². The zero-order valence-corrected chi connectivity index (χ0v) is 11.9. The fraction of sp³-hybridized carbons (Fsp3) is 0.125. The number of nitrogens with zero attached hydrogens (tertiary/aromatic N) is 1. The molecule has 0 aliphatic rings. The number of hydrogen-bond donors (Lipinski definition) is 1. The number of ether oxygens (including phenoxy) is 1. The normalized spacial score (nSPS) is 10.4. The van der Waals surface area contributed by atoms with E-state index >= 15 is 0 Å². The van der Waals surface area contributed by atoms with Gasteiger partial charge >= 0.3 is 0 Å². The Morgan fingerprint density at radius 3 is 2.91 bits per heavy atom. The third kappa shape index (κ3) is 3.01. The Morgan fingerprint density at radius 1 is 1.23 bits per heavy atom. The van der Waals surface area contributed by atoms with Crippen LogP contribution >= 0.6 is 0 Å². The molecule has 1 aromatic carbocycles. The third-order valence-electron chi connectivity index (χ3n) is 3.08. The highest BCUT2D eigenvalue weighted by molar-refractivity contribution is 5.94. The number of aromatic nitrogens is 1. The maximum absolute atomic E-state index is 12.1. The molecule has 0 saturated heterocycles. The van der Waals surface area contributed by atoms with Gasteiger partial charge in [0.1, 0.15) is 11.4 Å². The first-order chi connectivity index (χ1) is 10.8. The Balaban J connectivity index is 1.63. The third-order valence-corrected chi connectivity index (χ3v) is 3.08. The minimum atomic E-state index is -0.207. The van der Waals surface area contributed by atoms with Crippen molar-refractivity contribution in [2.75, 3.05) is 7.11 Å². The molecule has 3 rings (SSSR count). The fourth-order valence-electron chi connectivity index (χ4n) is 1.97. The standard InChI is InChI=1S/C16H14N2O4/c1-20-13-5-2-4-11(8-13)16(19)17-10-12-9-15(22-18-12)14-6-3-7-21-14/h2-9H,10H2,1H3,(H,17,19). The smallest absolute Gasteiger partial charge is 0.251 e. The summed E-state index contributed by atoms with van der Waals surface area (Å²) in [5, 5.41) is 6.67. The molecule has 0 atom stereocenters. The van der Waals surface area contributed by atoms with Gasteiger partial charge < -0.3 is 19.0 Å². The van der Waals surface area contributed by atoms with Gasteiger partial charge in [-0.1, -0.05) is 11.2 Å². The topological polar surface area (TPSA) is 77.5 Å². The maximum Gasteiger partial charge on any atom is 0.251 e. The number of carbonyl (C=O) groups excluding carboxylic acids is 1. The quantitative estimate of drug-likeness (QED) is 0.783. The van der Waals surface area contributed by atoms with Gasteiger partial charge in [0.15, 0.2) is 5.76 Å². The SMILES string of the molecule is COc1cccc(C(=O)NCc2cc(-c3ccco3)on2)c1. The molecule has 0 bridgehead atoms. The Morgan fingerprint density at radius 2 is 2.14 bits per heavy atom. The summed E-state index contributed by atoms with van der Waals surface area (Å²) in [6.07, 6.45) is 1.56. The van der Waals surface area contributed by atoms with Crippen LogP contribution in [-0.2, 0) is 6.54 Å². The van der Waals surface area contributed by atoms with E-state index in [-0.39, 0.29) is 12.5 Å². The first-order valence-corrected chi connectivity index (χ1v) is 6.68. The van der Waals surface area contributed by atoms with Crippen LogP contribution in [-0.4, -0.2) is 18.2 Å². The lowest BCUT2D eigenvalue weighted by Crippen LogP contribution is -2.22. The van der Waals surface area contributed by atoms with E-state index in [9.17, 15) is 4.79 Å². The highest BCUT2D eigenvalue weighted by Gasteiger charge is 2.11. The summed E-state index contributed by atoms with van der Waals surface area (Å²) in [5.74, 6) is 1.55. The molecule has 6 nitrogen and oxygen atoms in total. The van der Waals surface area contributed by atoms with Gasteiger partial charge in [-0.05, 0) is 30.3 Å². The van der Waals surface area contributed by atoms with Crippen molar-refractivity contribution in [3.8, 4) is 17.3 Å². The van der Waals surface area contributed by atoms with Gasteiger partial charge in [0.25, 0.3) is 5.91 Å². The van der Waals surface area contributed by atoms with Gasteiger partial charge in [0.05, 0.1) is 19.9 Å². The molecule has 0 spiro atoms.